The first-order valence-corrected chi connectivity index (χ1v) is 11.6. The number of ketones is 1. The summed E-state index contributed by atoms with van der Waals surface area (Å²) in [5.41, 5.74) is 4.25. The SMILES string of the molecule is CCOc1ccc(-n2c(C)cc(C(=O)CSc3nnc(-c4ccccc4OC)o3)c2C)cc1. The van der Waals surface area contributed by atoms with Crippen LogP contribution < -0.4 is 9.47 Å². The van der Waals surface area contributed by atoms with Gasteiger partial charge in [-0.15, -0.1) is 10.2 Å². The first-order valence-electron chi connectivity index (χ1n) is 10.6. The summed E-state index contributed by atoms with van der Waals surface area (Å²) in [7, 11) is 1.59. The number of aromatic nitrogens is 3. The average Bonchev–Trinajstić information content (AvgIpc) is 3.42. The molecule has 33 heavy (non-hydrogen) atoms. The maximum absolute atomic E-state index is 13.0. The topological polar surface area (TPSA) is 79.4 Å². The number of ether oxygens (including phenoxy) is 2. The van der Waals surface area contributed by atoms with Crippen LogP contribution in [0.1, 0.15) is 28.7 Å². The first kappa shape index (κ1) is 22.7. The standard InChI is InChI=1S/C25H25N3O4S/c1-5-31-19-12-10-18(11-13-19)28-16(2)14-21(17(28)3)22(29)15-33-25-27-26-24(32-25)20-8-6-7-9-23(20)30-4/h6-14H,5,15H2,1-4H3. The summed E-state index contributed by atoms with van der Waals surface area (Å²) in [6.45, 7) is 6.52. The van der Waals surface area contributed by atoms with Gasteiger partial charge in [0.05, 0.1) is 25.0 Å². The summed E-state index contributed by atoms with van der Waals surface area (Å²) in [5.74, 6) is 2.03. The largest absolute Gasteiger partial charge is 0.496 e. The van der Waals surface area contributed by atoms with Crippen molar-refractivity contribution >= 4 is 17.5 Å². The second-order valence-electron chi connectivity index (χ2n) is 7.33. The fourth-order valence-corrected chi connectivity index (χ4v) is 4.35. The Balaban J connectivity index is 1.48. The van der Waals surface area contributed by atoms with Gasteiger partial charge in [0.25, 0.3) is 11.1 Å². The van der Waals surface area contributed by atoms with E-state index in [1.54, 1.807) is 7.11 Å². The molecule has 0 saturated carbocycles. The van der Waals surface area contributed by atoms with Crippen molar-refractivity contribution in [2.75, 3.05) is 19.5 Å². The summed E-state index contributed by atoms with van der Waals surface area (Å²) >= 11 is 1.22. The van der Waals surface area contributed by atoms with Crippen LogP contribution in [0.4, 0.5) is 0 Å². The molecule has 0 fully saturated rings. The van der Waals surface area contributed by atoms with Crippen LogP contribution >= 0.6 is 11.8 Å². The van der Waals surface area contributed by atoms with E-state index in [2.05, 4.69) is 14.8 Å². The summed E-state index contributed by atoms with van der Waals surface area (Å²) in [4.78, 5) is 13.0. The predicted octanol–water partition coefficient (Wildman–Crippen LogP) is 5.53. The molecule has 7 nitrogen and oxygen atoms in total. The third kappa shape index (κ3) is 4.80. The van der Waals surface area contributed by atoms with Gasteiger partial charge >= 0.3 is 0 Å². The van der Waals surface area contributed by atoms with Crippen molar-refractivity contribution in [2.45, 2.75) is 26.0 Å². The van der Waals surface area contributed by atoms with Gasteiger partial charge < -0.3 is 18.5 Å². The minimum absolute atomic E-state index is 0.00216. The van der Waals surface area contributed by atoms with Crippen molar-refractivity contribution in [1.82, 2.24) is 14.8 Å². The maximum atomic E-state index is 13.0. The number of hydrogen-bond donors (Lipinski definition) is 0. The molecule has 0 amide bonds. The molecule has 8 heteroatoms. The molecule has 170 valence electrons. The molecule has 0 radical (unpaired) electrons. The van der Waals surface area contributed by atoms with Gasteiger partial charge in [0.15, 0.2) is 5.78 Å². The van der Waals surface area contributed by atoms with E-state index in [9.17, 15) is 4.79 Å². The van der Waals surface area contributed by atoms with E-state index in [1.807, 2.05) is 75.4 Å². The molecule has 0 aliphatic rings. The smallest absolute Gasteiger partial charge is 0.277 e. The van der Waals surface area contributed by atoms with Gasteiger partial charge in [-0.3, -0.25) is 4.79 Å². The molecule has 0 aliphatic carbocycles. The number of carbonyl (C=O) groups excluding carboxylic acids is 1. The fourth-order valence-electron chi connectivity index (χ4n) is 3.70. The van der Waals surface area contributed by atoms with Gasteiger partial charge in [-0.25, -0.2) is 0 Å². The number of rotatable bonds is 9. The molecular weight excluding hydrogens is 438 g/mol. The van der Waals surface area contributed by atoms with Crippen molar-refractivity contribution in [3.63, 3.8) is 0 Å². The molecule has 2 heterocycles. The highest BCUT2D eigenvalue weighted by molar-refractivity contribution is 7.99. The van der Waals surface area contributed by atoms with Crippen molar-refractivity contribution in [3.05, 3.63) is 71.5 Å². The molecule has 0 bridgehead atoms. The highest BCUT2D eigenvalue weighted by atomic mass is 32.2. The number of methoxy groups -OCH3 is 1. The Labute approximate surface area is 196 Å². The Hall–Kier alpha value is -3.52. The molecule has 0 saturated heterocycles. The number of Topliss-reactive ketones (excluding diaryl/α,β-unsaturated/α-hetero) is 1. The molecule has 2 aromatic carbocycles. The minimum atomic E-state index is 0.00216. The number of hydrogen-bond acceptors (Lipinski definition) is 7. The number of thioether (sulfide) groups is 1. The first-order chi connectivity index (χ1) is 16.0. The fraction of sp³-hybridized carbons (Fsp3) is 0.240. The van der Waals surface area contributed by atoms with E-state index in [0.29, 0.717) is 34.6 Å². The van der Waals surface area contributed by atoms with E-state index in [0.717, 1.165) is 22.8 Å². The number of aryl methyl sites for hydroxylation is 1. The Morgan fingerprint density at radius 1 is 1.09 bits per heavy atom. The van der Waals surface area contributed by atoms with E-state index < -0.39 is 0 Å². The normalized spacial score (nSPS) is 10.9. The molecule has 0 N–H and O–H groups in total. The Morgan fingerprint density at radius 3 is 2.58 bits per heavy atom. The second-order valence-corrected chi connectivity index (χ2v) is 8.26. The van der Waals surface area contributed by atoms with E-state index in [1.165, 1.54) is 11.8 Å². The molecular formula is C25H25N3O4S. The minimum Gasteiger partial charge on any atom is -0.496 e. The zero-order valence-corrected chi connectivity index (χ0v) is 19.8. The van der Waals surface area contributed by atoms with Crippen molar-refractivity contribution in [3.8, 4) is 28.6 Å². The Morgan fingerprint density at radius 2 is 1.85 bits per heavy atom. The van der Waals surface area contributed by atoms with E-state index >= 15 is 0 Å². The van der Waals surface area contributed by atoms with Crippen LogP contribution in [-0.4, -0.2) is 40.0 Å². The number of carbonyl (C=O) groups is 1. The van der Waals surface area contributed by atoms with E-state index in [4.69, 9.17) is 13.9 Å². The van der Waals surface area contributed by atoms with Crippen molar-refractivity contribution in [2.24, 2.45) is 0 Å². The van der Waals surface area contributed by atoms with Gasteiger partial charge in [0.2, 0.25) is 0 Å². The summed E-state index contributed by atoms with van der Waals surface area (Å²) in [6.07, 6.45) is 0. The lowest BCUT2D eigenvalue weighted by atomic mass is 10.2. The van der Waals surface area contributed by atoms with Crippen LogP contribution in [0.25, 0.3) is 17.1 Å². The molecule has 2 aromatic heterocycles. The molecule has 0 aliphatic heterocycles. The second kappa shape index (κ2) is 9.95. The van der Waals surface area contributed by atoms with Crippen LogP contribution in [0.3, 0.4) is 0 Å². The monoisotopic (exact) mass is 463 g/mol. The zero-order valence-electron chi connectivity index (χ0n) is 19.0. The van der Waals surface area contributed by atoms with Gasteiger partial charge in [0, 0.05) is 22.6 Å². The lowest BCUT2D eigenvalue weighted by Crippen LogP contribution is -2.05. The molecule has 0 unspecified atom stereocenters. The van der Waals surface area contributed by atoms with Crippen LogP contribution in [-0.2, 0) is 0 Å². The van der Waals surface area contributed by atoms with Crippen molar-refractivity contribution in [1.29, 1.82) is 0 Å². The molecule has 4 aromatic rings. The summed E-state index contributed by atoms with van der Waals surface area (Å²) in [5, 5.41) is 8.51. The van der Waals surface area contributed by atoms with Crippen LogP contribution in [0.5, 0.6) is 11.5 Å². The average molecular weight is 464 g/mol. The summed E-state index contributed by atoms with van der Waals surface area (Å²) < 4.78 is 18.7. The predicted molar refractivity (Wildman–Crippen MR) is 128 cm³/mol. The van der Waals surface area contributed by atoms with Gasteiger partial charge in [-0.1, -0.05) is 23.9 Å². The molecule has 0 atom stereocenters. The maximum Gasteiger partial charge on any atom is 0.277 e. The van der Waals surface area contributed by atoms with E-state index in [-0.39, 0.29) is 11.5 Å². The number of benzene rings is 2. The van der Waals surface area contributed by atoms with Gasteiger partial charge in [-0.2, -0.15) is 0 Å². The van der Waals surface area contributed by atoms with Crippen LogP contribution in [0.2, 0.25) is 0 Å². The highest BCUT2D eigenvalue weighted by Gasteiger charge is 2.19. The van der Waals surface area contributed by atoms with Gasteiger partial charge in [-0.05, 0) is 63.2 Å². The third-order valence-electron chi connectivity index (χ3n) is 5.21. The van der Waals surface area contributed by atoms with Crippen molar-refractivity contribution < 1.29 is 18.7 Å². The number of nitrogens with zero attached hydrogens (tertiary/aromatic N) is 3. The number of para-hydroxylation sites is 1. The molecule has 4 rings (SSSR count). The summed E-state index contributed by atoms with van der Waals surface area (Å²) in [6, 6.07) is 17.2. The van der Waals surface area contributed by atoms with Crippen LogP contribution in [0.15, 0.2) is 64.2 Å². The third-order valence-corrected chi connectivity index (χ3v) is 6.03. The molecule has 0 spiro atoms. The highest BCUT2D eigenvalue weighted by Crippen LogP contribution is 2.31. The Bertz CT molecular complexity index is 1260. The Kier molecular flexibility index (Phi) is 6.84. The zero-order chi connectivity index (χ0) is 23.4. The lowest BCUT2D eigenvalue weighted by Gasteiger charge is -2.11. The van der Waals surface area contributed by atoms with Crippen LogP contribution in [0, 0.1) is 13.8 Å². The lowest BCUT2D eigenvalue weighted by molar-refractivity contribution is 0.102. The van der Waals surface area contributed by atoms with Gasteiger partial charge in [0.1, 0.15) is 11.5 Å². The quantitative estimate of drug-likeness (QED) is 0.239.